The standard InChI is InChI=1S/C24H26N4O3/c1-16-6-11-20(17(2)14-16)31-21-15-25-27(3)24(30)22(21)26-19-9-7-18(8-10-19)23(29)28-12-4-5-13-28/h6-11,14-15,26H,4-5,12-13H2,1-3H3. The molecule has 0 unspecified atom stereocenters. The van der Waals surface area contributed by atoms with Gasteiger partial charge in [-0.1, -0.05) is 17.7 Å². The summed E-state index contributed by atoms with van der Waals surface area (Å²) in [5.74, 6) is 1.05. The van der Waals surface area contributed by atoms with Crippen LogP contribution < -0.4 is 15.6 Å². The van der Waals surface area contributed by atoms with Gasteiger partial charge in [0, 0.05) is 31.4 Å². The summed E-state index contributed by atoms with van der Waals surface area (Å²) in [5.41, 5.74) is 3.41. The third-order valence-electron chi connectivity index (χ3n) is 5.45. The number of nitrogens with one attached hydrogen (secondary N) is 1. The molecule has 1 amide bonds. The predicted octanol–water partition coefficient (Wildman–Crippen LogP) is 4.17. The van der Waals surface area contributed by atoms with Crippen LogP contribution in [0.3, 0.4) is 0 Å². The minimum atomic E-state index is -0.306. The van der Waals surface area contributed by atoms with E-state index in [9.17, 15) is 9.59 Å². The highest BCUT2D eigenvalue weighted by Gasteiger charge is 2.19. The number of benzene rings is 2. The fraction of sp³-hybridized carbons (Fsp3) is 0.292. The maximum atomic E-state index is 12.8. The minimum absolute atomic E-state index is 0.0442. The highest BCUT2D eigenvalue weighted by Crippen LogP contribution is 2.30. The molecule has 0 aliphatic carbocycles. The number of hydrogen-bond donors (Lipinski definition) is 1. The molecule has 3 aromatic rings. The second-order valence-electron chi connectivity index (χ2n) is 7.89. The van der Waals surface area contributed by atoms with Crippen molar-refractivity contribution in [2.24, 2.45) is 7.05 Å². The second-order valence-corrected chi connectivity index (χ2v) is 7.89. The molecule has 2 heterocycles. The van der Waals surface area contributed by atoms with E-state index in [4.69, 9.17) is 4.74 Å². The molecule has 1 aliphatic heterocycles. The van der Waals surface area contributed by atoms with Gasteiger partial charge in [0.25, 0.3) is 11.5 Å². The van der Waals surface area contributed by atoms with E-state index in [1.165, 1.54) is 10.9 Å². The first-order valence-corrected chi connectivity index (χ1v) is 10.4. The van der Waals surface area contributed by atoms with Crippen molar-refractivity contribution in [2.75, 3.05) is 18.4 Å². The maximum absolute atomic E-state index is 12.8. The van der Waals surface area contributed by atoms with Gasteiger partial charge >= 0.3 is 0 Å². The normalized spacial score (nSPS) is 13.3. The van der Waals surface area contributed by atoms with Crippen LogP contribution in [-0.4, -0.2) is 33.7 Å². The Balaban J connectivity index is 1.59. The largest absolute Gasteiger partial charge is 0.453 e. The fourth-order valence-corrected chi connectivity index (χ4v) is 3.69. The van der Waals surface area contributed by atoms with E-state index in [0.717, 1.165) is 37.1 Å². The summed E-state index contributed by atoms with van der Waals surface area (Å²) >= 11 is 0. The Hall–Kier alpha value is -3.61. The van der Waals surface area contributed by atoms with Crippen molar-refractivity contribution >= 4 is 17.3 Å². The predicted molar refractivity (Wildman–Crippen MR) is 120 cm³/mol. The minimum Gasteiger partial charge on any atom is -0.453 e. The first-order chi connectivity index (χ1) is 14.9. The lowest BCUT2D eigenvalue weighted by Crippen LogP contribution is -2.27. The molecule has 0 radical (unpaired) electrons. The smallest absolute Gasteiger partial charge is 0.294 e. The number of rotatable bonds is 5. The first-order valence-electron chi connectivity index (χ1n) is 10.4. The maximum Gasteiger partial charge on any atom is 0.294 e. The third-order valence-corrected chi connectivity index (χ3v) is 5.45. The molecule has 1 N–H and O–H groups in total. The molecule has 7 nitrogen and oxygen atoms in total. The topological polar surface area (TPSA) is 76.5 Å². The van der Waals surface area contributed by atoms with E-state index in [1.807, 2.05) is 36.9 Å². The SMILES string of the molecule is Cc1ccc(Oc2cnn(C)c(=O)c2Nc2ccc(C(=O)N3CCCC3)cc2)c(C)c1. The monoisotopic (exact) mass is 418 g/mol. The van der Waals surface area contributed by atoms with Gasteiger partial charge in [0.15, 0.2) is 11.4 Å². The molecular formula is C24H26N4O3. The van der Waals surface area contributed by atoms with Crippen molar-refractivity contribution in [2.45, 2.75) is 26.7 Å². The van der Waals surface area contributed by atoms with E-state index < -0.39 is 0 Å². The van der Waals surface area contributed by atoms with Crippen LogP contribution in [-0.2, 0) is 7.05 Å². The lowest BCUT2D eigenvalue weighted by atomic mass is 10.1. The average molecular weight is 418 g/mol. The number of anilines is 2. The molecule has 1 aliphatic rings. The zero-order valence-electron chi connectivity index (χ0n) is 18.0. The molecule has 0 atom stereocenters. The molecular weight excluding hydrogens is 392 g/mol. The molecule has 0 spiro atoms. The first kappa shape index (κ1) is 20.7. The number of ether oxygens (including phenoxy) is 1. The summed E-state index contributed by atoms with van der Waals surface area (Å²) < 4.78 is 7.29. The Morgan fingerprint density at radius 2 is 1.74 bits per heavy atom. The van der Waals surface area contributed by atoms with E-state index in [2.05, 4.69) is 10.4 Å². The number of carbonyl (C=O) groups is 1. The summed E-state index contributed by atoms with van der Waals surface area (Å²) in [6, 6.07) is 13.0. The van der Waals surface area contributed by atoms with E-state index >= 15 is 0 Å². The molecule has 2 aromatic carbocycles. The van der Waals surface area contributed by atoms with Crippen LogP contribution in [0.15, 0.2) is 53.5 Å². The van der Waals surface area contributed by atoms with E-state index in [0.29, 0.717) is 22.7 Å². The van der Waals surface area contributed by atoms with Gasteiger partial charge in [-0.15, -0.1) is 0 Å². The molecule has 1 aromatic heterocycles. The summed E-state index contributed by atoms with van der Waals surface area (Å²) in [4.78, 5) is 27.2. The van der Waals surface area contributed by atoms with Gasteiger partial charge in [0.2, 0.25) is 0 Å². The Morgan fingerprint density at radius 3 is 2.42 bits per heavy atom. The van der Waals surface area contributed by atoms with Crippen LogP contribution in [0, 0.1) is 13.8 Å². The van der Waals surface area contributed by atoms with Crippen LogP contribution in [0.5, 0.6) is 11.5 Å². The van der Waals surface area contributed by atoms with Crippen LogP contribution in [0.25, 0.3) is 0 Å². The Kier molecular flexibility index (Phi) is 5.75. The van der Waals surface area contributed by atoms with Gasteiger partial charge in [-0.2, -0.15) is 5.10 Å². The number of hydrogen-bond acceptors (Lipinski definition) is 5. The molecule has 160 valence electrons. The summed E-state index contributed by atoms with van der Waals surface area (Å²) in [6.45, 7) is 5.60. The highest BCUT2D eigenvalue weighted by atomic mass is 16.5. The van der Waals surface area contributed by atoms with Gasteiger partial charge in [0.1, 0.15) is 5.75 Å². The van der Waals surface area contributed by atoms with Crippen molar-refractivity contribution < 1.29 is 9.53 Å². The molecule has 4 rings (SSSR count). The van der Waals surface area contributed by atoms with Crippen molar-refractivity contribution in [1.29, 1.82) is 0 Å². The van der Waals surface area contributed by atoms with Crippen molar-refractivity contribution in [3.63, 3.8) is 0 Å². The zero-order valence-corrected chi connectivity index (χ0v) is 18.0. The Morgan fingerprint density at radius 1 is 1.03 bits per heavy atom. The lowest BCUT2D eigenvalue weighted by Gasteiger charge is -2.16. The van der Waals surface area contributed by atoms with E-state index in [1.54, 1.807) is 31.3 Å². The van der Waals surface area contributed by atoms with Crippen LogP contribution in [0.4, 0.5) is 11.4 Å². The molecule has 0 bridgehead atoms. The quantitative estimate of drug-likeness (QED) is 0.673. The Labute approximate surface area is 181 Å². The van der Waals surface area contributed by atoms with Gasteiger partial charge in [-0.05, 0) is 62.6 Å². The molecule has 0 saturated carbocycles. The molecule has 1 saturated heterocycles. The fourth-order valence-electron chi connectivity index (χ4n) is 3.69. The molecule has 7 heteroatoms. The zero-order chi connectivity index (χ0) is 22.0. The highest BCUT2D eigenvalue weighted by molar-refractivity contribution is 5.94. The number of likely N-dealkylation sites (tertiary alicyclic amines) is 1. The van der Waals surface area contributed by atoms with Crippen molar-refractivity contribution in [3.05, 3.63) is 75.7 Å². The summed E-state index contributed by atoms with van der Waals surface area (Å²) in [6.07, 6.45) is 3.63. The summed E-state index contributed by atoms with van der Waals surface area (Å²) in [5, 5.41) is 7.24. The molecule has 31 heavy (non-hydrogen) atoms. The Bertz CT molecular complexity index is 1160. The molecule has 1 fully saturated rings. The number of aryl methyl sites for hydroxylation is 3. The van der Waals surface area contributed by atoms with Crippen LogP contribution in [0.1, 0.15) is 34.3 Å². The average Bonchev–Trinajstić information content (AvgIpc) is 3.30. The number of carbonyl (C=O) groups excluding carboxylic acids is 1. The third kappa shape index (κ3) is 4.45. The van der Waals surface area contributed by atoms with E-state index in [-0.39, 0.29) is 17.2 Å². The number of amides is 1. The summed E-state index contributed by atoms with van der Waals surface area (Å²) in [7, 11) is 1.59. The van der Waals surface area contributed by atoms with Crippen LogP contribution >= 0.6 is 0 Å². The number of nitrogens with zero attached hydrogens (tertiary/aromatic N) is 3. The van der Waals surface area contributed by atoms with Crippen LogP contribution in [0.2, 0.25) is 0 Å². The second kappa shape index (κ2) is 8.63. The van der Waals surface area contributed by atoms with Gasteiger partial charge in [-0.3, -0.25) is 9.59 Å². The van der Waals surface area contributed by atoms with Crippen molar-refractivity contribution in [1.82, 2.24) is 14.7 Å². The van der Waals surface area contributed by atoms with Crippen molar-refractivity contribution in [3.8, 4) is 11.5 Å². The lowest BCUT2D eigenvalue weighted by molar-refractivity contribution is 0.0793. The van der Waals surface area contributed by atoms with Gasteiger partial charge in [-0.25, -0.2) is 4.68 Å². The van der Waals surface area contributed by atoms with Gasteiger partial charge < -0.3 is 15.0 Å². The number of aromatic nitrogens is 2. The van der Waals surface area contributed by atoms with Gasteiger partial charge in [0.05, 0.1) is 6.20 Å².